The van der Waals surface area contributed by atoms with Gasteiger partial charge in [-0.25, -0.2) is 0 Å². The third-order valence-electron chi connectivity index (χ3n) is 11.2. The number of carbonyl (C=O) groups excluding carboxylic acids is 3. The molecule has 50 heavy (non-hydrogen) atoms. The molecule has 3 aliphatic heterocycles. The second-order valence-electron chi connectivity index (χ2n) is 15.7. The molecule has 0 saturated carbocycles. The largest absolute Gasteiger partial charge is 0.390 e. The third kappa shape index (κ3) is 13.8. The number of carbonyl (C=O) groups is 3. The summed E-state index contributed by atoms with van der Waals surface area (Å²) in [5.41, 5.74) is 1.01. The molecule has 0 aromatic carbocycles. The number of aliphatic hydroxyl groups is 2. The lowest BCUT2D eigenvalue weighted by molar-refractivity contribution is -0.324. The number of nitrogens with one attached hydrogen (secondary N) is 2. The topological polar surface area (TPSA) is 143 Å². The van der Waals surface area contributed by atoms with E-state index in [1.54, 1.807) is 26.0 Å². The molecule has 286 valence electrons. The van der Waals surface area contributed by atoms with Gasteiger partial charge >= 0.3 is 0 Å². The minimum atomic E-state index is -1.02. The van der Waals surface area contributed by atoms with Crippen LogP contribution in [0.5, 0.6) is 0 Å². The van der Waals surface area contributed by atoms with Crippen LogP contribution in [0.25, 0.3) is 0 Å². The Balaban J connectivity index is 1.36. The van der Waals surface area contributed by atoms with Crippen molar-refractivity contribution in [1.82, 2.24) is 10.6 Å². The molecule has 0 unspecified atom stereocenters. The zero-order valence-electron chi connectivity index (χ0n) is 32.0. The molecule has 0 aliphatic carbocycles. The van der Waals surface area contributed by atoms with Gasteiger partial charge in [-0.2, -0.15) is 0 Å². The molecular formula is C40H68N2O8. The second kappa shape index (κ2) is 20.8. The summed E-state index contributed by atoms with van der Waals surface area (Å²) >= 11 is 0. The summed E-state index contributed by atoms with van der Waals surface area (Å²) in [4.78, 5) is 37.6. The number of rotatable bonds is 18. The summed E-state index contributed by atoms with van der Waals surface area (Å²) in [5, 5.41) is 26.2. The van der Waals surface area contributed by atoms with E-state index in [2.05, 4.69) is 30.6 Å². The average molecular weight is 705 g/mol. The summed E-state index contributed by atoms with van der Waals surface area (Å²) < 4.78 is 19.5. The fraction of sp³-hybridized carbons (Fsp3) is 0.825. The highest BCUT2D eigenvalue weighted by Crippen LogP contribution is 2.43. The molecule has 2 amide bonds. The van der Waals surface area contributed by atoms with Gasteiger partial charge in [0.25, 0.3) is 0 Å². The van der Waals surface area contributed by atoms with E-state index in [1.165, 1.54) is 0 Å². The number of hydrogen-bond acceptors (Lipinski definition) is 8. The van der Waals surface area contributed by atoms with Gasteiger partial charge in [-0.1, -0.05) is 39.8 Å². The van der Waals surface area contributed by atoms with E-state index in [4.69, 9.17) is 14.2 Å². The molecule has 3 rings (SSSR count). The lowest BCUT2D eigenvalue weighted by Crippen LogP contribution is -2.50. The molecular weight excluding hydrogens is 636 g/mol. The van der Waals surface area contributed by atoms with E-state index < -0.39 is 23.9 Å². The fourth-order valence-corrected chi connectivity index (χ4v) is 7.51. The summed E-state index contributed by atoms with van der Waals surface area (Å²) in [7, 11) is 0. The molecule has 10 nitrogen and oxygen atoms in total. The van der Waals surface area contributed by atoms with Crippen LogP contribution in [-0.4, -0.2) is 83.3 Å². The van der Waals surface area contributed by atoms with E-state index in [1.807, 2.05) is 20.8 Å². The Morgan fingerprint density at radius 1 is 0.900 bits per heavy atom. The monoisotopic (exact) mass is 704 g/mol. The van der Waals surface area contributed by atoms with Gasteiger partial charge in [0.2, 0.25) is 11.8 Å². The van der Waals surface area contributed by atoms with Gasteiger partial charge in [-0.3, -0.25) is 14.4 Å². The van der Waals surface area contributed by atoms with Crippen molar-refractivity contribution in [3.8, 4) is 0 Å². The first-order valence-electron chi connectivity index (χ1n) is 19.5. The first kappa shape index (κ1) is 42.3. The lowest BCUT2D eigenvalue weighted by Gasteiger charge is -2.48. The first-order valence-corrected chi connectivity index (χ1v) is 19.5. The summed E-state index contributed by atoms with van der Waals surface area (Å²) in [5.74, 6) is -0.680. The normalized spacial score (nSPS) is 31.6. The Kier molecular flexibility index (Phi) is 17.6. The molecule has 3 aliphatic rings. The van der Waals surface area contributed by atoms with E-state index in [-0.39, 0.29) is 60.9 Å². The van der Waals surface area contributed by atoms with Crippen molar-refractivity contribution < 1.29 is 38.8 Å². The van der Waals surface area contributed by atoms with Gasteiger partial charge < -0.3 is 35.1 Å². The molecule has 4 N–H and O–H groups in total. The summed E-state index contributed by atoms with van der Waals surface area (Å²) in [6.07, 6.45) is 14.5. The van der Waals surface area contributed by atoms with E-state index in [0.717, 1.165) is 76.2 Å². The van der Waals surface area contributed by atoms with E-state index >= 15 is 0 Å². The van der Waals surface area contributed by atoms with E-state index in [0.29, 0.717) is 24.8 Å². The molecule has 10 heteroatoms. The van der Waals surface area contributed by atoms with Gasteiger partial charge in [0.1, 0.15) is 0 Å². The van der Waals surface area contributed by atoms with Crippen molar-refractivity contribution in [2.45, 2.75) is 174 Å². The van der Waals surface area contributed by atoms with Crippen LogP contribution in [0.2, 0.25) is 0 Å². The molecule has 3 fully saturated rings. The molecule has 3 heterocycles. The van der Waals surface area contributed by atoms with Crippen LogP contribution in [0.4, 0.5) is 0 Å². The molecule has 3 saturated heterocycles. The Morgan fingerprint density at radius 3 is 2.36 bits per heavy atom. The average Bonchev–Trinajstić information content (AvgIpc) is 3.07. The highest BCUT2D eigenvalue weighted by molar-refractivity contribution is 5.89. The van der Waals surface area contributed by atoms with Gasteiger partial charge in [0, 0.05) is 32.4 Å². The molecule has 11 atom stereocenters. The number of amides is 2. The highest BCUT2D eigenvalue weighted by Gasteiger charge is 2.44. The van der Waals surface area contributed by atoms with Crippen LogP contribution in [0.15, 0.2) is 23.8 Å². The first-order chi connectivity index (χ1) is 23.7. The molecule has 0 radical (unpaired) electrons. The predicted octanol–water partition coefficient (Wildman–Crippen LogP) is 5.93. The van der Waals surface area contributed by atoms with Crippen molar-refractivity contribution in [3.05, 3.63) is 23.8 Å². The van der Waals surface area contributed by atoms with Crippen molar-refractivity contribution in [3.63, 3.8) is 0 Å². The third-order valence-corrected chi connectivity index (χ3v) is 11.2. The van der Waals surface area contributed by atoms with Crippen LogP contribution >= 0.6 is 0 Å². The van der Waals surface area contributed by atoms with Crippen LogP contribution in [0.3, 0.4) is 0 Å². The summed E-state index contributed by atoms with van der Waals surface area (Å²) in [6.45, 7) is 14.2. The number of hydrogen-bond donors (Lipinski definition) is 4. The Hall–Kier alpha value is -2.11. The lowest BCUT2D eigenvalue weighted by atomic mass is 9.85. The number of ketones is 1. The van der Waals surface area contributed by atoms with Gasteiger partial charge in [-0.05, 0) is 108 Å². The van der Waals surface area contributed by atoms with E-state index in [9.17, 15) is 24.6 Å². The SMILES string of the molecule is C/C=C/C(=O)C[C@@H]1CC[C@@H](C)[C@H](CC(=O)NC[C@@H](O)[C@H](C)C(=O)NCCC[C@H]2O[C@@]3(CCC[C@@H](CC[C@H](C)/C=C(\C)[C@H](C)O)O3)CC[C@@H]2C)O1. The van der Waals surface area contributed by atoms with Crippen LogP contribution in [0.1, 0.15) is 132 Å². The highest BCUT2D eigenvalue weighted by atomic mass is 16.7. The summed E-state index contributed by atoms with van der Waals surface area (Å²) in [6, 6.07) is 0. The minimum Gasteiger partial charge on any atom is -0.390 e. The number of allylic oxidation sites excluding steroid dienone is 3. The van der Waals surface area contributed by atoms with Crippen molar-refractivity contribution in [2.75, 3.05) is 13.1 Å². The molecule has 0 aromatic rings. The van der Waals surface area contributed by atoms with Crippen molar-refractivity contribution >= 4 is 17.6 Å². The molecule has 0 aromatic heterocycles. The predicted molar refractivity (Wildman–Crippen MR) is 195 cm³/mol. The van der Waals surface area contributed by atoms with Crippen molar-refractivity contribution in [2.24, 2.45) is 23.7 Å². The smallest absolute Gasteiger partial charge is 0.225 e. The number of aliphatic hydroxyl groups excluding tert-OH is 2. The van der Waals surface area contributed by atoms with Gasteiger partial charge in [0.15, 0.2) is 11.6 Å². The van der Waals surface area contributed by atoms with Crippen LogP contribution < -0.4 is 10.6 Å². The molecule has 1 spiro atoms. The standard InChI is InChI=1S/C40H68N2O8/c1-8-11-32(44)23-34-17-15-27(3)37(48-34)24-38(46)42-25-35(45)30(6)39(47)41-21-10-13-36-28(4)18-20-40(50-36)19-9-12-33(49-40)16-14-26(2)22-29(5)31(7)43/h8,11,22,26-28,30-31,33-37,43,45H,9-10,12-21,23-25H2,1-7H3,(H,41,47)(H,42,46)/b11-8+,29-22+/t26-,27+,28-,30-,31-,33-,34-,35+,36+,37-,40-/m0/s1. The number of ether oxygens (including phenoxy) is 3. The van der Waals surface area contributed by atoms with Gasteiger partial charge in [-0.15, -0.1) is 0 Å². The maximum atomic E-state index is 12.9. The molecule has 0 bridgehead atoms. The quantitative estimate of drug-likeness (QED) is 0.0782. The van der Waals surface area contributed by atoms with Gasteiger partial charge in [0.05, 0.1) is 49.0 Å². The minimum absolute atomic E-state index is 0.0223. The van der Waals surface area contributed by atoms with Crippen LogP contribution in [0, 0.1) is 23.7 Å². The Morgan fingerprint density at radius 2 is 1.64 bits per heavy atom. The zero-order chi connectivity index (χ0) is 36.8. The zero-order valence-corrected chi connectivity index (χ0v) is 32.0. The Labute approximate surface area is 301 Å². The Bertz CT molecular complexity index is 1140. The second-order valence-corrected chi connectivity index (χ2v) is 15.7. The van der Waals surface area contributed by atoms with Crippen LogP contribution in [-0.2, 0) is 28.6 Å². The maximum Gasteiger partial charge on any atom is 0.225 e. The van der Waals surface area contributed by atoms with Crippen molar-refractivity contribution in [1.29, 1.82) is 0 Å². The maximum absolute atomic E-state index is 12.9. The fourth-order valence-electron chi connectivity index (χ4n) is 7.51.